The summed E-state index contributed by atoms with van der Waals surface area (Å²) in [5.74, 6) is 1.28. The molecule has 1 atom stereocenters. The topological polar surface area (TPSA) is 72.9 Å². The SMILES string of the molecule is O=C(O)CN1CCCN(C(=O)C2CSCCN2)CC1. The van der Waals surface area contributed by atoms with Crippen molar-refractivity contribution < 1.29 is 14.7 Å². The lowest BCUT2D eigenvalue weighted by Crippen LogP contribution is -2.51. The third-order valence-corrected chi connectivity index (χ3v) is 4.54. The van der Waals surface area contributed by atoms with Gasteiger partial charge < -0.3 is 15.3 Å². The molecule has 2 saturated heterocycles. The molecule has 2 rings (SSSR count). The zero-order valence-electron chi connectivity index (χ0n) is 11.0. The maximum absolute atomic E-state index is 12.4. The van der Waals surface area contributed by atoms with Crippen LogP contribution in [0.2, 0.25) is 0 Å². The standard InChI is InChI=1S/C12H21N3O3S/c16-11(17)8-14-3-1-4-15(6-5-14)12(18)10-9-19-7-2-13-10/h10,13H,1-9H2,(H,16,17). The lowest BCUT2D eigenvalue weighted by atomic mass is 10.2. The minimum Gasteiger partial charge on any atom is -0.480 e. The van der Waals surface area contributed by atoms with Gasteiger partial charge in [-0.1, -0.05) is 0 Å². The third-order valence-electron chi connectivity index (χ3n) is 3.48. The minimum atomic E-state index is -0.801. The van der Waals surface area contributed by atoms with E-state index < -0.39 is 5.97 Å². The second kappa shape index (κ2) is 7.12. The normalized spacial score (nSPS) is 25.9. The average molecular weight is 287 g/mol. The van der Waals surface area contributed by atoms with Crippen molar-refractivity contribution >= 4 is 23.6 Å². The summed E-state index contributed by atoms with van der Waals surface area (Å²) in [6.07, 6.45) is 0.846. The van der Waals surface area contributed by atoms with E-state index in [1.165, 1.54) is 0 Å². The summed E-state index contributed by atoms with van der Waals surface area (Å²) >= 11 is 1.81. The predicted octanol–water partition coefficient (Wildman–Crippen LogP) is -0.690. The van der Waals surface area contributed by atoms with Gasteiger partial charge in [-0.05, 0) is 6.42 Å². The van der Waals surface area contributed by atoms with Crippen LogP contribution in [-0.2, 0) is 9.59 Å². The van der Waals surface area contributed by atoms with Gasteiger partial charge >= 0.3 is 5.97 Å². The van der Waals surface area contributed by atoms with Crippen molar-refractivity contribution in [1.29, 1.82) is 0 Å². The van der Waals surface area contributed by atoms with Crippen LogP contribution in [0.1, 0.15) is 6.42 Å². The van der Waals surface area contributed by atoms with Crippen LogP contribution in [-0.4, -0.2) is 83.6 Å². The maximum atomic E-state index is 12.4. The van der Waals surface area contributed by atoms with E-state index in [4.69, 9.17) is 5.11 Å². The summed E-state index contributed by atoms with van der Waals surface area (Å²) in [6, 6.07) is -0.0650. The molecule has 0 aromatic rings. The highest BCUT2D eigenvalue weighted by Crippen LogP contribution is 2.12. The Hall–Kier alpha value is -0.790. The molecule has 6 nitrogen and oxygen atoms in total. The molecular formula is C12H21N3O3S. The number of hydrogen-bond donors (Lipinski definition) is 2. The van der Waals surface area contributed by atoms with Gasteiger partial charge in [0.05, 0.1) is 12.6 Å². The number of carboxylic acid groups (broad SMARTS) is 1. The molecule has 2 aliphatic heterocycles. The third kappa shape index (κ3) is 4.36. The second-order valence-electron chi connectivity index (χ2n) is 4.93. The zero-order valence-corrected chi connectivity index (χ0v) is 11.8. The average Bonchev–Trinajstić information content (AvgIpc) is 2.64. The molecule has 1 amide bonds. The summed E-state index contributed by atoms with van der Waals surface area (Å²) in [5, 5.41) is 12.1. The molecule has 108 valence electrons. The van der Waals surface area contributed by atoms with Crippen molar-refractivity contribution in [3.8, 4) is 0 Å². The van der Waals surface area contributed by atoms with Gasteiger partial charge in [0.2, 0.25) is 5.91 Å². The molecule has 7 heteroatoms. The number of carboxylic acids is 1. The van der Waals surface area contributed by atoms with Gasteiger partial charge in [0.15, 0.2) is 0 Å². The Kier molecular flexibility index (Phi) is 5.47. The van der Waals surface area contributed by atoms with E-state index in [1.807, 2.05) is 21.6 Å². The van der Waals surface area contributed by atoms with Crippen LogP contribution in [0.5, 0.6) is 0 Å². The zero-order chi connectivity index (χ0) is 13.7. The van der Waals surface area contributed by atoms with Gasteiger partial charge in [0.25, 0.3) is 0 Å². The van der Waals surface area contributed by atoms with Gasteiger partial charge in [-0.25, -0.2) is 0 Å². The van der Waals surface area contributed by atoms with Crippen LogP contribution in [0.15, 0.2) is 0 Å². The fourth-order valence-corrected chi connectivity index (χ4v) is 3.41. The van der Waals surface area contributed by atoms with E-state index in [0.29, 0.717) is 13.1 Å². The first kappa shape index (κ1) is 14.6. The number of carbonyl (C=O) groups excluding carboxylic acids is 1. The highest BCUT2D eigenvalue weighted by Gasteiger charge is 2.27. The van der Waals surface area contributed by atoms with Crippen LogP contribution in [0.4, 0.5) is 0 Å². The molecule has 0 saturated carbocycles. The van der Waals surface area contributed by atoms with Crippen LogP contribution in [0.3, 0.4) is 0 Å². The van der Waals surface area contributed by atoms with E-state index >= 15 is 0 Å². The largest absolute Gasteiger partial charge is 0.480 e. The first-order valence-electron chi connectivity index (χ1n) is 6.71. The smallest absolute Gasteiger partial charge is 0.317 e. The molecule has 2 N–H and O–H groups in total. The summed E-state index contributed by atoms with van der Waals surface area (Å²) in [6.45, 7) is 3.73. The van der Waals surface area contributed by atoms with Crippen LogP contribution >= 0.6 is 11.8 Å². The van der Waals surface area contributed by atoms with Gasteiger partial charge in [-0.2, -0.15) is 11.8 Å². The lowest BCUT2D eigenvalue weighted by Gasteiger charge is -2.29. The van der Waals surface area contributed by atoms with Gasteiger partial charge in [0.1, 0.15) is 0 Å². The molecule has 0 aromatic heterocycles. The molecule has 2 heterocycles. The molecule has 2 aliphatic rings. The quantitative estimate of drug-likeness (QED) is 0.716. The van der Waals surface area contributed by atoms with Gasteiger partial charge in [-0.3, -0.25) is 14.5 Å². The van der Waals surface area contributed by atoms with Crippen molar-refractivity contribution in [2.45, 2.75) is 12.5 Å². The Labute approximate surface area is 117 Å². The first-order valence-corrected chi connectivity index (χ1v) is 7.86. The Morgan fingerprint density at radius 2 is 2.11 bits per heavy atom. The number of amides is 1. The van der Waals surface area contributed by atoms with Crippen molar-refractivity contribution in [2.24, 2.45) is 0 Å². The van der Waals surface area contributed by atoms with E-state index in [0.717, 1.165) is 37.6 Å². The minimum absolute atomic E-state index is 0.0650. The van der Waals surface area contributed by atoms with Crippen LogP contribution in [0.25, 0.3) is 0 Å². The maximum Gasteiger partial charge on any atom is 0.317 e. The Morgan fingerprint density at radius 1 is 1.26 bits per heavy atom. The van der Waals surface area contributed by atoms with Crippen LogP contribution in [0, 0.1) is 0 Å². The van der Waals surface area contributed by atoms with E-state index in [2.05, 4.69) is 5.32 Å². The van der Waals surface area contributed by atoms with E-state index in [-0.39, 0.29) is 18.5 Å². The Bertz CT molecular complexity index is 334. The molecule has 0 radical (unpaired) electrons. The predicted molar refractivity (Wildman–Crippen MR) is 74.4 cm³/mol. The Morgan fingerprint density at radius 3 is 2.79 bits per heavy atom. The number of thioether (sulfide) groups is 1. The van der Waals surface area contributed by atoms with Gasteiger partial charge in [-0.15, -0.1) is 0 Å². The highest BCUT2D eigenvalue weighted by atomic mass is 32.2. The monoisotopic (exact) mass is 287 g/mol. The molecule has 0 aromatic carbocycles. The number of carbonyl (C=O) groups is 2. The van der Waals surface area contributed by atoms with Crippen molar-refractivity contribution in [1.82, 2.24) is 15.1 Å². The number of nitrogens with one attached hydrogen (secondary N) is 1. The van der Waals surface area contributed by atoms with Crippen molar-refractivity contribution in [2.75, 3.05) is 50.8 Å². The number of rotatable bonds is 3. The molecule has 0 bridgehead atoms. The molecule has 0 aliphatic carbocycles. The summed E-state index contributed by atoms with van der Waals surface area (Å²) in [7, 11) is 0. The lowest BCUT2D eigenvalue weighted by molar-refractivity contribution is -0.138. The summed E-state index contributed by atoms with van der Waals surface area (Å²) in [4.78, 5) is 26.8. The fourth-order valence-electron chi connectivity index (χ4n) is 2.49. The highest BCUT2D eigenvalue weighted by molar-refractivity contribution is 7.99. The summed E-state index contributed by atoms with van der Waals surface area (Å²) in [5.41, 5.74) is 0. The molecule has 2 fully saturated rings. The molecule has 1 unspecified atom stereocenters. The van der Waals surface area contributed by atoms with Crippen molar-refractivity contribution in [3.63, 3.8) is 0 Å². The first-order chi connectivity index (χ1) is 9.16. The number of hydrogen-bond acceptors (Lipinski definition) is 5. The summed E-state index contributed by atoms with van der Waals surface area (Å²) < 4.78 is 0. The number of nitrogens with zero attached hydrogens (tertiary/aromatic N) is 2. The van der Waals surface area contributed by atoms with Crippen molar-refractivity contribution in [3.05, 3.63) is 0 Å². The van der Waals surface area contributed by atoms with E-state index in [9.17, 15) is 9.59 Å². The Balaban J connectivity index is 1.84. The molecule has 19 heavy (non-hydrogen) atoms. The number of aliphatic carboxylic acids is 1. The molecular weight excluding hydrogens is 266 g/mol. The van der Waals surface area contributed by atoms with Gasteiger partial charge in [0, 0.05) is 44.2 Å². The van der Waals surface area contributed by atoms with E-state index in [1.54, 1.807) is 0 Å². The van der Waals surface area contributed by atoms with Crippen LogP contribution < -0.4 is 5.32 Å². The second-order valence-corrected chi connectivity index (χ2v) is 6.08. The molecule has 0 spiro atoms. The fraction of sp³-hybridized carbons (Fsp3) is 0.833.